The summed E-state index contributed by atoms with van der Waals surface area (Å²) in [5.74, 6) is 2.14. The predicted octanol–water partition coefficient (Wildman–Crippen LogP) is 4.54. The molecule has 0 fully saturated rings. The summed E-state index contributed by atoms with van der Waals surface area (Å²) in [5, 5.41) is 3.61. The van der Waals surface area contributed by atoms with Gasteiger partial charge in [0.15, 0.2) is 11.5 Å². The second-order valence-corrected chi connectivity index (χ2v) is 5.79. The molecule has 0 saturated carbocycles. The number of benzene rings is 2. The fourth-order valence-corrected chi connectivity index (χ4v) is 3.40. The average molecular weight is 325 g/mol. The summed E-state index contributed by atoms with van der Waals surface area (Å²) in [6.07, 6.45) is 2.89. The summed E-state index contributed by atoms with van der Waals surface area (Å²) in [6.45, 7) is 4.03. The van der Waals surface area contributed by atoms with Crippen LogP contribution in [0.15, 0.2) is 49.1 Å². The van der Waals surface area contributed by atoms with Gasteiger partial charge in [-0.05, 0) is 12.0 Å². The third-order valence-electron chi connectivity index (χ3n) is 4.55. The summed E-state index contributed by atoms with van der Waals surface area (Å²) in [4.78, 5) is 0. The maximum absolute atomic E-state index is 5.66. The van der Waals surface area contributed by atoms with E-state index < -0.39 is 0 Å². The lowest BCUT2D eigenvalue weighted by Crippen LogP contribution is -2.21. The maximum atomic E-state index is 5.66. The van der Waals surface area contributed by atoms with Crippen LogP contribution in [0.1, 0.15) is 29.5 Å². The first-order valence-electron chi connectivity index (χ1n) is 8.00. The molecule has 2 aromatic rings. The van der Waals surface area contributed by atoms with Gasteiger partial charge in [0.1, 0.15) is 0 Å². The van der Waals surface area contributed by atoms with E-state index in [-0.39, 0.29) is 12.0 Å². The summed E-state index contributed by atoms with van der Waals surface area (Å²) >= 11 is 0. The van der Waals surface area contributed by atoms with Gasteiger partial charge in [-0.25, -0.2) is 0 Å². The molecule has 4 heteroatoms. The average Bonchev–Trinajstić information content (AvgIpc) is 2.65. The Kier molecular flexibility index (Phi) is 4.65. The molecule has 0 aliphatic carbocycles. The normalized spacial score (nSPS) is 19.0. The van der Waals surface area contributed by atoms with Crippen molar-refractivity contribution in [3.63, 3.8) is 0 Å². The smallest absolute Gasteiger partial charge is 0.203 e. The first-order valence-corrected chi connectivity index (χ1v) is 8.00. The van der Waals surface area contributed by atoms with Gasteiger partial charge < -0.3 is 19.5 Å². The molecule has 1 heterocycles. The summed E-state index contributed by atoms with van der Waals surface area (Å²) in [7, 11) is 4.91. The fourth-order valence-electron chi connectivity index (χ4n) is 3.40. The molecular weight excluding hydrogens is 302 g/mol. The summed E-state index contributed by atoms with van der Waals surface area (Å²) in [6, 6.07) is 12.6. The Hall–Kier alpha value is -2.62. The topological polar surface area (TPSA) is 39.7 Å². The minimum absolute atomic E-state index is 0.168. The Labute approximate surface area is 143 Å². The third kappa shape index (κ3) is 2.68. The molecule has 0 radical (unpaired) electrons. The molecule has 1 N–H and O–H groups in total. The van der Waals surface area contributed by atoms with Crippen LogP contribution in [0.3, 0.4) is 0 Å². The molecule has 2 atom stereocenters. The molecule has 1 aliphatic heterocycles. The van der Waals surface area contributed by atoms with E-state index in [9.17, 15) is 0 Å². The second-order valence-electron chi connectivity index (χ2n) is 5.79. The van der Waals surface area contributed by atoms with E-state index in [1.165, 1.54) is 5.56 Å². The van der Waals surface area contributed by atoms with Crippen LogP contribution < -0.4 is 19.5 Å². The van der Waals surface area contributed by atoms with E-state index in [1.54, 1.807) is 21.3 Å². The van der Waals surface area contributed by atoms with Crippen LogP contribution in [0.25, 0.3) is 0 Å². The SMILES string of the molecule is C=C[C@H]1C[C@@H](c2ccccc2)Nc2cc(OC)c(OC)c(OC)c21. The van der Waals surface area contributed by atoms with Crippen molar-refractivity contribution in [1.29, 1.82) is 0 Å². The number of rotatable bonds is 5. The molecule has 0 bridgehead atoms. The minimum Gasteiger partial charge on any atom is -0.493 e. The van der Waals surface area contributed by atoms with Crippen LogP contribution in [-0.2, 0) is 0 Å². The molecule has 1 aliphatic rings. The number of hydrogen-bond acceptors (Lipinski definition) is 4. The standard InChI is InChI=1S/C20H23NO3/c1-5-13-11-15(14-9-7-6-8-10-14)21-16-12-17(22-2)19(23-3)20(24-4)18(13)16/h5-10,12-13,15,21H,1,11H2,2-4H3/t13-,15-/m0/s1. The number of fused-ring (bicyclic) bond motifs is 1. The van der Waals surface area contributed by atoms with Crippen LogP contribution >= 0.6 is 0 Å². The summed E-state index contributed by atoms with van der Waals surface area (Å²) in [5.41, 5.74) is 3.32. The molecule has 0 unspecified atom stereocenters. The Morgan fingerprint density at radius 3 is 2.33 bits per heavy atom. The van der Waals surface area contributed by atoms with Crippen molar-refractivity contribution in [1.82, 2.24) is 0 Å². The number of allylic oxidation sites excluding steroid dienone is 1. The van der Waals surface area contributed by atoms with Crippen molar-refractivity contribution in [2.75, 3.05) is 26.6 Å². The molecule has 126 valence electrons. The largest absolute Gasteiger partial charge is 0.493 e. The van der Waals surface area contributed by atoms with Crippen molar-refractivity contribution in [3.05, 3.63) is 60.2 Å². The number of anilines is 1. The highest BCUT2D eigenvalue weighted by Gasteiger charge is 2.32. The van der Waals surface area contributed by atoms with E-state index in [2.05, 4.69) is 36.2 Å². The highest BCUT2D eigenvalue weighted by molar-refractivity contribution is 5.72. The van der Waals surface area contributed by atoms with Gasteiger partial charge in [-0.1, -0.05) is 36.4 Å². The highest BCUT2D eigenvalue weighted by Crippen LogP contribution is 2.52. The van der Waals surface area contributed by atoms with Gasteiger partial charge in [-0.2, -0.15) is 0 Å². The monoisotopic (exact) mass is 325 g/mol. The Bertz CT molecular complexity index is 727. The van der Waals surface area contributed by atoms with Crippen LogP contribution in [-0.4, -0.2) is 21.3 Å². The first kappa shape index (κ1) is 16.2. The van der Waals surface area contributed by atoms with E-state index in [1.807, 2.05) is 18.2 Å². The van der Waals surface area contributed by atoms with Gasteiger partial charge in [0, 0.05) is 23.2 Å². The Morgan fingerprint density at radius 2 is 1.75 bits per heavy atom. The molecule has 2 aromatic carbocycles. The van der Waals surface area contributed by atoms with Crippen LogP contribution in [0, 0.1) is 0 Å². The lowest BCUT2D eigenvalue weighted by Gasteiger charge is -2.34. The molecular formula is C20H23NO3. The van der Waals surface area contributed by atoms with Gasteiger partial charge in [-0.15, -0.1) is 6.58 Å². The highest BCUT2D eigenvalue weighted by atomic mass is 16.5. The quantitative estimate of drug-likeness (QED) is 0.819. The van der Waals surface area contributed by atoms with Crippen LogP contribution in [0.5, 0.6) is 17.2 Å². The van der Waals surface area contributed by atoms with E-state index in [0.29, 0.717) is 17.2 Å². The predicted molar refractivity (Wildman–Crippen MR) is 96.5 cm³/mol. The van der Waals surface area contributed by atoms with Gasteiger partial charge in [0.05, 0.1) is 27.4 Å². The fraction of sp³-hybridized carbons (Fsp3) is 0.300. The van der Waals surface area contributed by atoms with Gasteiger partial charge in [0.2, 0.25) is 5.75 Å². The van der Waals surface area contributed by atoms with Gasteiger partial charge in [-0.3, -0.25) is 0 Å². The Balaban J connectivity index is 2.12. The zero-order valence-corrected chi connectivity index (χ0v) is 14.3. The molecule has 0 aromatic heterocycles. The molecule has 0 spiro atoms. The minimum atomic E-state index is 0.168. The van der Waals surface area contributed by atoms with Crippen molar-refractivity contribution < 1.29 is 14.2 Å². The first-order chi connectivity index (χ1) is 11.7. The number of nitrogens with one attached hydrogen (secondary N) is 1. The lowest BCUT2D eigenvalue weighted by atomic mass is 9.83. The zero-order valence-electron chi connectivity index (χ0n) is 14.3. The Morgan fingerprint density at radius 1 is 1.04 bits per heavy atom. The van der Waals surface area contributed by atoms with E-state index in [4.69, 9.17) is 14.2 Å². The number of ether oxygens (including phenoxy) is 3. The molecule has 4 nitrogen and oxygen atoms in total. The van der Waals surface area contributed by atoms with Gasteiger partial charge in [0.25, 0.3) is 0 Å². The van der Waals surface area contributed by atoms with E-state index in [0.717, 1.165) is 17.7 Å². The van der Waals surface area contributed by atoms with E-state index >= 15 is 0 Å². The van der Waals surface area contributed by atoms with Crippen molar-refractivity contribution >= 4 is 5.69 Å². The molecule has 0 saturated heterocycles. The second kappa shape index (κ2) is 6.87. The maximum Gasteiger partial charge on any atom is 0.203 e. The lowest BCUT2D eigenvalue weighted by molar-refractivity contribution is 0.320. The molecule has 24 heavy (non-hydrogen) atoms. The zero-order chi connectivity index (χ0) is 17.1. The van der Waals surface area contributed by atoms with Crippen molar-refractivity contribution in [3.8, 4) is 17.2 Å². The van der Waals surface area contributed by atoms with Crippen LogP contribution in [0.2, 0.25) is 0 Å². The van der Waals surface area contributed by atoms with Gasteiger partial charge >= 0.3 is 0 Å². The van der Waals surface area contributed by atoms with Crippen molar-refractivity contribution in [2.45, 2.75) is 18.4 Å². The van der Waals surface area contributed by atoms with Crippen molar-refractivity contribution in [2.24, 2.45) is 0 Å². The molecule has 3 rings (SSSR count). The number of hydrogen-bond donors (Lipinski definition) is 1. The third-order valence-corrected chi connectivity index (χ3v) is 4.55. The summed E-state index contributed by atoms with van der Waals surface area (Å²) < 4.78 is 16.7. The number of methoxy groups -OCH3 is 3. The van der Waals surface area contributed by atoms with Crippen LogP contribution in [0.4, 0.5) is 5.69 Å². The molecule has 0 amide bonds.